The highest BCUT2D eigenvalue weighted by Crippen LogP contribution is 2.16. The summed E-state index contributed by atoms with van der Waals surface area (Å²) in [7, 11) is -1.49. The van der Waals surface area contributed by atoms with E-state index in [1.165, 1.54) is 18.0 Å². The quantitative estimate of drug-likeness (QED) is 0.532. The first kappa shape index (κ1) is 14.7. The largest absolute Gasteiger partial charge is 0.352 e. The smallest absolute Gasteiger partial charge is 0.232 e. The minimum absolute atomic E-state index is 0.0104. The number of hydrogen-bond acceptors (Lipinski definition) is 4. The number of amides is 2. The van der Waals surface area contributed by atoms with E-state index in [2.05, 4.69) is 11.9 Å². The molecule has 0 spiro atoms. The highest BCUT2D eigenvalue weighted by molar-refractivity contribution is 7.91. The summed E-state index contributed by atoms with van der Waals surface area (Å²) < 4.78 is 22.6. The van der Waals surface area contributed by atoms with Gasteiger partial charge in [0.25, 0.3) is 0 Å². The Bertz CT molecular complexity index is 444. The minimum Gasteiger partial charge on any atom is -0.352 e. The molecule has 1 heterocycles. The molecule has 1 aliphatic rings. The van der Waals surface area contributed by atoms with Crippen LogP contribution >= 0.6 is 0 Å². The maximum Gasteiger partial charge on any atom is 0.232 e. The summed E-state index contributed by atoms with van der Waals surface area (Å²) >= 11 is 0. The fraction of sp³-hybridized carbons (Fsp3) is 0.636. The van der Waals surface area contributed by atoms with Gasteiger partial charge >= 0.3 is 0 Å². The molecule has 0 saturated carbocycles. The number of carbonyl (C=O) groups excluding carboxylic acids is 2. The van der Waals surface area contributed by atoms with Gasteiger partial charge < -0.3 is 10.2 Å². The zero-order chi connectivity index (χ0) is 13.8. The van der Waals surface area contributed by atoms with Gasteiger partial charge in [-0.25, -0.2) is 8.42 Å². The molecule has 6 nitrogen and oxygen atoms in total. The van der Waals surface area contributed by atoms with E-state index in [1.807, 2.05) is 0 Å². The molecule has 0 bridgehead atoms. The topological polar surface area (TPSA) is 83.6 Å². The lowest BCUT2D eigenvalue weighted by Crippen LogP contribution is -2.40. The second-order valence-electron chi connectivity index (χ2n) is 4.33. The molecule has 1 saturated heterocycles. The van der Waals surface area contributed by atoms with Crippen LogP contribution in [0.3, 0.4) is 0 Å². The fourth-order valence-corrected chi connectivity index (χ4v) is 3.57. The molecular formula is C11H18N2O4S. The summed E-state index contributed by atoms with van der Waals surface area (Å²) in [5.41, 5.74) is 0. The predicted molar refractivity (Wildman–Crippen MR) is 67.7 cm³/mol. The van der Waals surface area contributed by atoms with Crippen molar-refractivity contribution in [3.63, 3.8) is 0 Å². The molecule has 1 unspecified atom stereocenters. The number of sulfone groups is 1. The van der Waals surface area contributed by atoms with Crippen molar-refractivity contribution >= 4 is 21.7 Å². The van der Waals surface area contributed by atoms with Crippen molar-refractivity contribution in [1.82, 2.24) is 10.2 Å². The average Bonchev–Trinajstić information content (AvgIpc) is 2.65. The van der Waals surface area contributed by atoms with Gasteiger partial charge in [0, 0.05) is 19.6 Å². The Labute approximate surface area is 107 Å². The van der Waals surface area contributed by atoms with E-state index >= 15 is 0 Å². The third kappa shape index (κ3) is 4.14. The first-order chi connectivity index (χ1) is 8.35. The number of rotatable bonds is 5. The molecule has 1 atom stereocenters. The van der Waals surface area contributed by atoms with Crippen molar-refractivity contribution in [2.75, 3.05) is 25.1 Å². The predicted octanol–water partition coefficient (Wildman–Crippen LogP) is -0.676. The third-order valence-electron chi connectivity index (χ3n) is 2.90. The number of nitrogens with one attached hydrogen (secondary N) is 1. The summed E-state index contributed by atoms with van der Waals surface area (Å²) in [6.45, 7) is 3.76. The molecule has 1 fully saturated rings. The fourth-order valence-electron chi connectivity index (χ4n) is 1.80. The van der Waals surface area contributed by atoms with Crippen LogP contribution in [0.2, 0.25) is 0 Å². The van der Waals surface area contributed by atoms with Crippen LogP contribution in [0.4, 0.5) is 0 Å². The molecule has 1 aliphatic heterocycles. The molecule has 7 heteroatoms. The van der Waals surface area contributed by atoms with Crippen molar-refractivity contribution in [1.29, 1.82) is 0 Å². The van der Waals surface area contributed by atoms with Crippen molar-refractivity contribution in [3.05, 3.63) is 12.7 Å². The van der Waals surface area contributed by atoms with E-state index in [4.69, 9.17) is 0 Å². The van der Waals surface area contributed by atoms with Crippen LogP contribution < -0.4 is 5.32 Å². The Morgan fingerprint density at radius 1 is 1.50 bits per heavy atom. The molecular weight excluding hydrogens is 256 g/mol. The molecule has 102 valence electrons. The van der Waals surface area contributed by atoms with Gasteiger partial charge in [-0.1, -0.05) is 6.08 Å². The van der Waals surface area contributed by atoms with Crippen LogP contribution in [0.5, 0.6) is 0 Å². The van der Waals surface area contributed by atoms with Gasteiger partial charge in [-0.3, -0.25) is 9.59 Å². The lowest BCUT2D eigenvalue weighted by molar-refractivity contribution is -0.136. The molecule has 0 aliphatic carbocycles. The minimum atomic E-state index is -3.02. The lowest BCUT2D eigenvalue weighted by Gasteiger charge is -2.23. The second kappa shape index (κ2) is 5.99. The highest BCUT2D eigenvalue weighted by atomic mass is 32.2. The van der Waals surface area contributed by atoms with Crippen LogP contribution in [-0.2, 0) is 19.4 Å². The maximum absolute atomic E-state index is 11.8. The van der Waals surface area contributed by atoms with Gasteiger partial charge in [0.05, 0.1) is 11.5 Å². The highest BCUT2D eigenvalue weighted by Gasteiger charge is 2.32. The van der Waals surface area contributed by atoms with Crippen molar-refractivity contribution in [2.24, 2.45) is 0 Å². The van der Waals surface area contributed by atoms with Gasteiger partial charge in [-0.2, -0.15) is 0 Å². The van der Waals surface area contributed by atoms with Crippen molar-refractivity contribution < 1.29 is 18.0 Å². The van der Waals surface area contributed by atoms with E-state index in [9.17, 15) is 18.0 Å². The summed E-state index contributed by atoms with van der Waals surface area (Å²) in [6.07, 6.45) is 1.70. The lowest BCUT2D eigenvalue weighted by atomic mass is 10.2. The van der Waals surface area contributed by atoms with E-state index in [-0.39, 0.29) is 35.8 Å². The standard InChI is InChI=1S/C11H18N2O4S/c1-3-5-12-10(14)7-11(15)13(2)9-4-6-18(16,17)8-9/h3,9H,1,4-8H2,2H3,(H,12,14). The zero-order valence-electron chi connectivity index (χ0n) is 10.4. The molecule has 0 aromatic heterocycles. The number of carbonyl (C=O) groups is 2. The van der Waals surface area contributed by atoms with Crippen LogP contribution in [0.25, 0.3) is 0 Å². The van der Waals surface area contributed by atoms with Gasteiger partial charge in [-0.05, 0) is 6.42 Å². The van der Waals surface area contributed by atoms with E-state index < -0.39 is 9.84 Å². The van der Waals surface area contributed by atoms with E-state index in [0.29, 0.717) is 13.0 Å². The first-order valence-electron chi connectivity index (χ1n) is 5.69. The Balaban J connectivity index is 2.47. The Kier molecular flexibility index (Phi) is 4.89. The van der Waals surface area contributed by atoms with Crippen molar-refractivity contribution in [3.8, 4) is 0 Å². The first-order valence-corrected chi connectivity index (χ1v) is 7.51. The van der Waals surface area contributed by atoms with E-state index in [0.717, 1.165) is 0 Å². The van der Waals surface area contributed by atoms with Crippen LogP contribution in [0, 0.1) is 0 Å². The number of hydrogen-bond donors (Lipinski definition) is 1. The molecule has 1 N–H and O–H groups in total. The second-order valence-corrected chi connectivity index (χ2v) is 6.56. The molecule has 0 aromatic rings. The summed E-state index contributed by atoms with van der Waals surface area (Å²) in [4.78, 5) is 24.5. The van der Waals surface area contributed by atoms with Crippen LogP contribution in [0.15, 0.2) is 12.7 Å². The van der Waals surface area contributed by atoms with Gasteiger partial charge in [0.1, 0.15) is 6.42 Å². The van der Waals surface area contributed by atoms with Crippen LogP contribution in [0.1, 0.15) is 12.8 Å². The van der Waals surface area contributed by atoms with Gasteiger partial charge in [0.2, 0.25) is 11.8 Å². The monoisotopic (exact) mass is 274 g/mol. The molecule has 18 heavy (non-hydrogen) atoms. The zero-order valence-corrected chi connectivity index (χ0v) is 11.2. The van der Waals surface area contributed by atoms with Crippen molar-refractivity contribution in [2.45, 2.75) is 18.9 Å². The Morgan fingerprint density at radius 3 is 2.67 bits per heavy atom. The molecule has 0 aromatic carbocycles. The third-order valence-corrected chi connectivity index (χ3v) is 4.66. The Morgan fingerprint density at radius 2 is 2.17 bits per heavy atom. The SMILES string of the molecule is C=CCNC(=O)CC(=O)N(C)C1CCS(=O)(=O)C1. The summed E-state index contributed by atoms with van der Waals surface area (Å²) in [5.74, 6) is -0.646. The van der Waals surface area contributed by atoms with Gasteiger partial charge in [-0.15, -0.1) is 6.58 Å². The molecule has 2 amide bonds. The molecule has 0 radical (unpaired) electrons. The van der Waals surface area contributed by atoms with Gasteiger partial charge in [0.15, 0.2) is 9.84 Å². The maximum atomic E-state index is 11.8. The van der Waals surface area contributed by atoms with E-state index in [1.54, 1.807) is 0 Å². The normalized spacial score (nSPS) is 21.3. The Hall–Kier alpha value is -1.37. The van der Waals surface area contributed by atoms with Crippen LogP contribution in [-0.4, -0.2) is 56.3 Å². The number of nitrogens with zero attached hydrogens (tertiary/aromatic N) is 1. The summed E-state index contributed by atoms with van der Waals surface area (Å²) in [6, 6.07) is -0.310. The summed E-state index contributed by atoms with van der Waals surface area (Å²) in [5, 5.41) is 2.50. The average molecular weight is 274 g/mol. The molecule has 1 rings (SSSR count).